The minimum atomic E-state index is -0.0788. The molecule has 3 N–H and O–H groups in total. The number of amides is 2. The number of rotatable bonds is 9. The van der Waals surface area contributed by atoms with Gasteiger partial charge >= 0.3 is 0 Å². The molecular weight excluding hydrogens is 326 g/mol. The summed E-state index contributed by atoms with van der Waals surface area (Å²) in [6.07, 6.45) is 2.12. The molecule has 138 valence electrons. The van der Waals surface area contributed by atoms with Crippen LogP contribution in [0.3, 0.4) is 0 Å². The van der Waals surface area contributed by atoms with E-state index in [1.54, 1.807) is 24.3 Å². The van der Waals surface area contributed by atoms with Gasteiger partial charge in [-0.15, -0.1) is 0 Å². The summed E-state index contributed by atoms with van der Waals surface area (Å²) in [5.74, 6) is -0.103. The van der Waals surface area contributed by atoms with E-state index in [2.05, 4.69) is 22.9 Å². The van der Waals surface area contributed by atoms with Crippen molar-refractivity contribution in [3.8, 4) is 0 Å². The maximum atomic E-state index is 12.0. The van der Waals surface area contributed by atoms with Crippen LogP contribution in [0.25, 0.3) is 0 Å². The molecule has 0 aliphatic rings. The fourth-order valence-electron chi connectivity index (χ4n) is 2.38. The van der Waals surface area contributed by atoms with Crippen LogP contribution in [0, 0.1) is 0 Å². The van der Waals surface area contributed by atoms with Gasteiger partial charge in [-0.25, -0.2) is 0 Å². The molecule has 5 nitrogen and oxygen atoms in total. The quantitative estimate of drug-likeness (QED) is 0.645. The molecule has 2 aromatic rings. The fourth-order valence-corrected chi connectivity index (χ4v) is 2.38. The van der Waals surface area contributed by atoms with Gasteiger partial charge in [0.2, 0.25) is 11.8 Å². The standard InChI is InChI=1S/C21H27N3O2/c1-3-16(2)22-15-21(26)24-19-12-10-18(11-13-19)23-20(25)14-9-17-7-5-4-6-8-17/h4-8,10-13,16,22H,3,9,14-15H2,1-2H3,(H,23,25)(H,24,26). The van der Waals surface area contributed by atoms with E-state index in [1.807, 2.05) is 37.3 Å². The van der Waals surface area contributed by atoms with Crippen molar-refractivity contribution in [1.29, 1.82) is 0 Å². The number of anilines is 2. The summed E-state index contributed by atoms with van der Waals surface area (Å²) in [7, 11) is 0. The van der Waals surface area contributed by atoms with Crippen molar-refractivity contribution in [2.75, 3.05) is 17.2 Å². The molecule has 2 amide bonds. The third-order valence-corrected chi connectivity index (χ3v) is 4.16. The molecule has 0 aliphatic carbocycles. The van der Waals surface area contributed by atoms with Crippen molar-refractivity contribution in [3.05, 3.63) is 60.2 Å². The van der Waals surface area contributed by atoms with E-state index in [0.29, 0.717) is 24.6 Å². The number of nitrogens with one attached hydrogen (secondary N) is 3. The zero-order chi connectivity index (χ0) is 18.8. The minimum absolute atomic E-state index is 0.0246. The summed E-state index contributed by atoms with van der Waals surface area (Å²) in [6.45, 7) is 4.40. The molecule has 2 rings (SSSR count). The lowest BCUT2D eigenvalue weighted by atomic mass is 10.1. The Bertz CT molecular complexity index is 699. The molecule has 0 bridgehead atoms. The van der Waals surface area contributed by atoms with Crippen molar-refractivity contribution in [2.24, 2.45) is 0 Å². The van der Waals surface area contributed by atoms with Crippen LogP contribution in [0.5, 0.6) is 0 Å². The number of aryl methyl sites for hydroxylation is 1. The van der Waals surface area contributed by atoms with Crippen LogP contribution >= 0.6 is 0 Å². The van der Waals surface area contributed by atoms with Crippen molar-refractivity contribution in [3.63, 3.8) is 0 Å². The van der Waals surface area contributed by atoms with E-state index in [-0.39, 0.29) is 18.4 Å². The maximum Gasteiger partial charge on any atom is 0.238 e. The predicted molar refractivity (Wildman–Crippen MR) is 106 cm³/mol. The highest BCUT2D eigenvalue weighted by Crippen LogP contribution is 2.14. The fraction of sp³-hybridized carbons (Fsp3) is 0.333. The topological polar surface area (TPSA) is 70.2 Å². The van der Waals surface area contributed by atoms with E-state index in [0.717, 1.165) is 17.7 Å². The second-order valence-electron chi connectivity index (χ2n) is 6.35. The van der Waals surface area contributed by atoms with Crippen LogP contribution in [-0.2, 0) is 16.0 Å². The first-order chi connectivity index (χ1) is 12.6. The Morgan fingerprint density at radius 2 is 1.46 bits per heavy atom. The van der Waals surface area contributed by atoms with Crippen molar-refractivity contribution >= 4 is 23.2 Å². The average Bonchev–Trinajstić information content (AvgIpc) is 2.67. The van der Waals surface area contributed by atoms with Crippen LogP contribution in [0.15, 0.2) is 54.6 Å². The smallest absolute Gasteiger partial charge is 0.238 e. The molecular formula is C21H27N3O2. The van der Waals surface area contributed by atoms with Gasteiger partial charge < -0.3 is 16.0 Å². The zero-order valence-electron chi connectivity index (χ0n) is 15.4. The van der Waals surface area contributed by atoms with Crippen LogP contribution in [0.1, 0.15) is 32.3 Å². The highest BCUT2D eigenvalue weighted by atomic mass is 16.2. The number of hydrogen-bond acceptors (Lipinski definition) is 3. The van der Waals surface area contributed by atoms with Crippen LogP contribution in [-0.4, -0.2) is 24.4 Å². The van der Waals surface area contributed by atoms with E-state index in [4.69, 9.17) is 0 Å². The molecule has 2 aromatic carbocycles. The summed E-state index contributed by atoms with van der Waals surface area (Å²) < 4.78 is 0. The second kappa shape index (κ2) is 10.4. The number of benzene rings is 2. The van der Waals surface area contributed by atoms with Crippen molar-refractivity contribution in [2.45, 2.75) is 39.2 Å². The molecule has 0 spiro atoms. The van der Waals surface area contributed by atoms with Gasteiger partial charge in [-0.3, -0.25) is 9.59 Å². The Morgan fingerprint density at radius 1 is 0.885 bits per heavy atom. The van der Waals surface area contributed by atoms with Gasteiger partial charge in [-0.2, -0.15) is 0 Å². The molecule has 0 fully saturated rings. The van der Waals surface area contributed by atoms with Crippen LogP contribution in [0.2, 0.25) is 0 Å². The summed E-state index contributed by atoms with van der Waals surface area (Å²) in [6, 6.07) is 17.4. The van der Waals surface area contributed by atoms with Gasteiger partial charge in [0, 0.05) is 23.8 Å². The molecule has 1 atom stereocenters. The average molecular weight is 353 g/mol. The summed E-state index contributed by atoms with van der Waals surface area (Å²) >= 11 is 0. The third-order valence-electron chi connectivity index (χ3n) is 4.16. The Labute approximate surface area is 155 Å². The van der Waals surface area contributed by atoms with E-state index >= 15 is 0 Å². The van der Waals surface area contributed by atoms with Crippen LogP contribution in [0.4, 0.5) is 11.4 Å². The Kier molecular flexibility index (Phi) is 7.83. The minimum Gasteiger partial charge on any atom is -0.326 e. The number of carbonyl (C=O) groups excluding carboxylic acids is 2. The summed E-state index contributed by atoms with van der Waals surface area (Å²) in [5.41, 5.74) is 2.58. The van der Waals surface area contributed by atoms with Crippen molar-refractivity contribution < 1.29 is 9.59 Å². The van der Waals surface area contributed by atoms with Gasteiger partial charge in [0.05, 0.1) is 6.54 Å². The first-order valence-electron chi connectivity index (χ1n) is 9.04. The summed E-state index contributed by atoms with van der Waals surface area (Å²) in [5, 5.41) is 8.86. The normalized spacial score (nSPS) is 11.6. The summed E-state index contributed by atoms with van der Waals surface area (Å²) in [4.78, 5) is 23.9. The number of carbonyl (C=O) groups is 2. The van der Waals surface area contributed by atoms with Crippen LogP contribution < -0.4 is 16.0 Å². The SMILES string of the molecule is CCC(C)NCC(=O)Nc1ccc(NC(=O)CCc2ccccc2)cc1. The van der Waals surface area contributed by atoms with E-state index in [9.17, 15) is 9.59 Å². The lowest BCUT2D eigenvalue weighted by Crippen LogP contribution is -2.33. The molecule has 0 aliphatic heterocycles. The molecule has 0 radical (unpaired) electrons. The molecule has 0 aromatic heterocycles. The lowest BCUT2D eigenvalue weighted by Gasteiger charge is -2.11. The second-order valence-corrected chi connectivity index (χ2v) is 6.35. The Hall–Kier alpha value is -2.66. The zero-order valence-corrected chi connectivity index (χ0v) is 15.4. The maximum absolute atomic E-state index is 12.0. The monoisotopic (exact) mass is 353 g/mol. The largest absolute Gasteiger partial charge is 0.326 e. The highest BCUT2D eigenvalue weighted by molar-refractivity contribution is 5.93. The lowest BCUT2D eigenvalue weighted by molar-refractivity contribution is -0.116. The molecule has 5 heteroatoms. The molecule has 26 heavy (non-hydrogen) atoms. The first kappa shape index (κ1) is 19.7. The third kappa shape index (κ3) is 7.07. The van der Waals surface area contributed by atoms with Gasteiger partial charge in [0.25, 0.3) is 0 Å². The molecule has 0 saturated carbocycles. The van der Waals surface area contributed by atoms with Gasteiger partial charge in [0.15, 0.2) is 0 Å². The predicted octanol–water partition coefficient (Wildman–Crippen LogP) is 3.58. The van der Waals surface area contributed by atoms with Gasteiger partial charge in [-0.05, 0) is 49.6 Å². The number of hydrogen-bond donors (Lipinski definition) is 3. The Balaban J connectivity index is 1.76. The molecule has 0 heterocycles. The van der Waals surface area contributed by atoms with Gasteiger partial charge in [0.1, 0.15) is 0 Å². The molecule has 0 saturated heterocycles. The first-order valence-corrected chi connectivity index (χ1v) is 9.04. The highest BCUT2D eigenvalue weighted by Gasteiger charge is 2.06. The van der Waals surface area contributed by atoms with Crippen molar-refractivity contribution in [1.82, 2.24) is 5.32 Å². The van der Waals surface area contributed by atoms with E-state index in [1.165, 1.54) is 0 Å². The van der Waals surface area contributed by atoms with Gasteiger partial charge in [-0.1, -0.05) is 37.3 Å². The van der Waals surface area contributed by atoms with E-state index < -0.39 is 0 Å². The Morgan fingerprint density at radius 3 is 2.04 bits per heavy atom. The molecule has 1 unspecified atom stereocenters.